The van der Waals surface area contributed by atoms with Crippen molar-refractivity contribution in [2.45, 2.75) is 22.7 Å². The van der Waals surface area contributed by atoms with E-state index in [-0.39, 0.29) is 36.9 Å². The second-order valence-electron chi connectivity index (χ2n) is 7.51. The second-order valence-corrected chi connectivity index (χ2v) is 11.4. The molecule has 2 heterocycles. The van der Waals surface area contributed by atoms with Crippen molar-refractivity contribution in [2.75, 3.05) is 32.8 Å². The zero-order valence-corrected chi connectivity index (χ0v) is 17.6. The fourth-order valence-corrected chi connectivity index (χ4v) is 7.04. The van der Waals surface area contributed by atoms with Gasteiger partial charge in [0, 0.05) is 26.2 Å². The summed E-state index contributed by atoms with van der Waals surface area (Å²) in [7, 11) is -7.15. The van der Waals surface area contributed by atoms with Crippen LogP contribution >= 0.6 is 0 Å². The fourth-order valence-electron chi connectivity index (χ4n) is 3.93. The maximum atomic E-state index is 12.9. The predicted molar refractivity (Wildman–Crippen MR) is 109 cm³/mol. The molecule has 4 rings (SSSR count). The minimum absolute atomic E-state index is 0.0735. The number of nitrogens with zero attached hydrogens (tertiary/aromatic N) is 2. The van der Waals surface area contributed by atoms with Crippen molar-refractivity contribution in [3.05, 3.63) is 66.2 Å². The summed E-state index contributed by atoms with van der Waals surface area (Å²) in [4.78, 5) is 0.237. The number of morpholine rings is 1. The Morgan fingerprint density at radius 1 is 0.828 bits per heavy atom. The zero-order chi connectivity index (χ0) is 20.5. The summed E-state index contributed by atoms with van der Waals surface area (Å²) in [6, 6.07) is 17.3. The van der Waals surface area contributed by atoms with E-state index in [9.17, 15) is 16.8 Å². The summed E-state index contributed by atoms with van der Waals surface area (Å²) in [5.41, 5.74) is -0.0723. The van der Waals surface area contributed by atoms with Gasteiger partial charge < -0.3 is 4.74 Å². The lowest BCUT2D eigenvalue weighted by molar-refractivity contribution is -0.0781. The van der Waals surface area contributed by atoms with Crippen LogP contribution in [-0.2, 0) is 30.5 Å². The fraction of sp³-hybridized carbons (Fsp3) is 0.400. The topological polar surface area (TPSA) is 84.0 Å². The van der Waals surface area contributed by atoms with E-state index in [4.69, 9.17) is 4.74 Å². The van der Waals surface area contributed by atoms with Gasteiger partial charge in [-0.05, 0) is 24.1 Å². The number of sulfonamides is 2. The summed E-state index contributed by atoms with van der Waals surface area (Å²) in [5, 5.41) is 0. The molecule has 2 aromatic carbocycles. The van der Waals surface area contributed by atoms with Crippen LogP contribution < -0.4 is 0 Å². The third-order valence-electron chi connectivity index (χ3n) is 5.46. The van der Waals surface area contributed by atoms with Crippen molar-refractivity contribution < 1.29 is 21.6 Å². The molecule has 0 amide bonds. The molecular formula is C20H24N2O5S2. The third-order valence-corrected chi connectivity index (χ3v) is 9.12. The Kier molecular flexibility index (Phi) is 5.52. The normalized spacial score (nSPS) is 24.1. The number of benzene rings is 2. The first-order chi connectivity index (χ1) is 13.8. The maximum Gasteiger partial charge on any atom is 0.243 e. The molecule has 2 aliphatic heterocycles. The number of hydrogen-bond acceptors (Lipinski definition) is 5. The number of hydrogen-bond donors (Lipinski definition) is 0. The Morgan fingerprint density at radius 2 is 1.45 bits per heavy atom. The van der Waals surface area contributed by atoms with Crippen LogP contribution in [0.1, 0.15) is 12.0 Å². The Hall–Kier alpha value is -1.78. The molecule has 0 aliphatic carbocycles. The van der Waals surface area contributed by atoms with Crippen LogP contribution in [0, 0.1) is 0 Å². The van der Waals surface area contributed by atoms with E-state index >= 15 is 0 Å². The molecule has 2 aliphatic rings. The van der Waals surface area contributed by atoms with E-state index in [1.165, 1.54) is 8.61 Å². The largest absolute Gasteiger partial charge is 0.371 e. The molecule has 156 valence electrons. The van der Waals surface area contributed by atoms with E-state index < -0.39 is 25.6 Å². The quantitative estimate of drug-likeness (QED) is 0.712. The number of rotatable bonds is 5. The van der Waals surface area contributed by atoms with Crippen molar-refractivity contribution in [2.24, 2.45) is 0 Å². The molecular weight excluding hydrogens is 412 g/mol. The summed E-state index contributed by atoms with van der Waals surface area (Å²) < 4.78 is 60.5. The van der Waals surface area contributed by atoms with Gasteiger partial charge in [0.05, 0.1) is 22.9 Å². The van der Waals surface area contributed by atoms with Gasteiger partial charge in [0.25, 0.3) is 0 Å². The maximum absolute atomic E-state index is 12.9. The van der Waals surface area contributed by atoms with Gasteiger partial charge in [-0.3, -0.25) is 0 Å². The van der Waals surface area contributed by atoms with Gasteiger partial charge >= 0.3 is 0 Å². The molecule has 2 saturated heterocycles. The molecule has 2 aromatic rings. The first kappa shape index (κ1) is 20.5. The van der Waals surface area contributed by atoms with Crippen LogP contribution in [0.25, 0.3) is 0 Å². The first-order valence-electron chi connectivity index (χ1n) is 9.52. The van der Waals surface area contributed by atoms with Gasteiger partial charge in [0.15, 0.2) is 0 Å². The molecule has 0 aromatic heterocycles. The Morgan fingerprint density at radius 3 is 2.14 bits per heavy atom. The molecule has 1 atom stereocenters. The average molecular weight is 437 g/mol. The molecule has 1 spiro atoms. The molecule has 0 bridgehead atoms. The monoisotopic (exact) mass is 436 g/mol. The van der Waals surface area contributed by atoms with Crippen molar-refractivity contribution in [3.63, 3.8) is 0 Å². The molecule has 0 radical (unpaired) electrons. The minimum atomic E-state index is -3.63. The van der Waals surface area contributed by atoms with Crippen molar-refractivity contribution in [3.8, 4) is 0 Å². The van der Waals surface area contributed by atoms with E-state index in [0.717, 1.165) is 5.56 Å². The summed E-state index contributed by atoms with van der Waals surface area (Å²) in [5.74, 6) is -0.0735. The van der Waals surface area contributed by atoms with E-state index in [2.05, 4.69) is 0 Å². The van der Waals surface area contributed by atoms with Crippen LogP contribution in [0.15, 0.2) is 65.6 Å². The van der Waals surface area contributed by atoms with Gasteiger partial charge in [0.2, 0.25) is 20.0 Å². The molecule has 7 nitrogen and oxygen atoms in total. The minimum Gasteiger partial charge on any atom is -0.371 e. The van der Waals surface area contributed by atoms with Crippen LogP contribution in [-0.4, -0.2) is 63.8 Å². The Bertz CT molecular complexity index is 1060. The Balaban J connectivity index is 1.50. The molecule has 0 saturated carbocycles. The highest BCUT2D eigenvalue weighted by molar-refractivity contribution is 7.89. The van der Waals surface area contributed by atoms with Gasteiger partial charge in [-0.15, -0.1) is 0 Å². The van der Waals surface area contributed by atoms with Crippen LogP contribution in [0.5, 0.6) is 0 Å². The van der Waals surface area contributed by atoms with Crippen molar-refractivity contribution in [1.82, 2.24) is 8.61 Å². The zero-order valence-electron chi connectivity index (χ0n) is 16.0. The first-order valence-corrected chi connectivity index (χ1v) is 12.6. The molecule has 1 unspecified atom stereocenters. The van der Waals surface area contributed by atoms with Crippen LogP contribution in [0.4, 0.5) is 0 Å². The lowest BCUT2D eigenvalue weighted by Gasteiger charge is -2.39. The highest BCUT2D eigenvalue weighted by atomic mass is 32.2. The molecule has 0 N–H and O–H groups in total. The van der Waals surface area contributed by atoms with Gasteiger partial charge in [-0.2, -0.15) is 8.61 Å². The standard InChI is InChI=1S/C20H24N2O5S2/c23-28(24,15-18-7-3-1-4-8-18)21-13-14-27-20(16-21)11-12-22(17-20)29(25,26)19-9-5-2-6-10-19/h1-10H,11-17H2. The molecule has 9 heteroatoms. The highest BCUT2D eigenvalue weighted by Gasteiger charge is 2.48. The summed E-state index contributed by atoms with van der Waals surface area (Å²) >= 11 is 0. The van der Waals surface area contributed by atoms with Crippen molar-refractivity contribution in [1.29, 1.82) is 0 Å². The lowest BCUT2D eigenvalue weighted by Crippen LogP contribution is -2.55. The smallest absolute Gasteiger partial charge is 0.243 e. The predicted octanol–water partition coefficient (Wildman–Crippen LogP) is 1.68. The highest BCUT2D eigenvalue weighted by Crippen LogP contribution is 2.33. The van der Waals surface area contributed by atoms with E-state index in [1.54, 1.807) is 42.5 Å². The van der Waals surface area contributed by atoms with E-state index in [0.29, 0.717) is 13.0 Å². The third kappa shape index (κ3) is 4.24. The summed E-state index contributed by atoms with van der Waals surface area (Å²) in [6.07, 6.45) is 0.469. The SMILES string of the molecule is O=S(=O)(Cc1ccccc1)N1CCOC2(CCN(S(=O)(=O)c3ccccc3)C2)C1. The van der Waals surface area contributed by atoms with Gasteiger partial charge in [-0.1, -0.05) is 48.5 Å². The molecule has 2 fully saturated rings. The molecule has 29 heavy (non-hydrogen) atoms. The van der Waals surface area contributed by atoms with Gasteiger partial charge in [0.1, 0.15) is 0 Å². The van der Waals surface area contributed by atoms with Crippen LogP contribution in [0.2, 0.25) is 0 Å². The van der Waals surface area contributed by atoms with Crippen molar-refractivity contribution >= 4 is 20.0 Å². The number of ether oxygens (including phenoxy) is 1. The Labute approximate surface area is 172 Å². The average Bonchev–Trinajstić information content (AvgIpc) is 3.13. The van der Waals surface area contributed by atoms with E-state index in [1.807, 2.05) is 18.2 Å². The lowest BCUT2D eigenvalue weighted by atomic mass is 10.0. The second kappa shape index (κ2) is 7.81. The van der Waals surface area contributed by atoms with Gasteiger partial charge in [-0.25, -0.2) is 16.8 Å². The van der Waals surface area contributed by atoms with Crippen LogP contribution in [0.3, 0.4) is 0 Å². The summed E-state index contributed by atoms with van der Waals surface area (Å²) in [6.45, 7) is 1.17.